The molecular formula is C13H17NO. The Balaban J connectivity index is 2.20. The first-order chi connectivity index (χ1) is 7.20. The summed E-state index contributed by atoms with van der Waals surface area (Å²) in [6.07, 6.45) is 2.99. The monoisotopic (exact) mass is 203 g/mol. The number of rotatable bonds is 2. The van der Waals surface area contributed by atoms with E-state index in [2.05, 4.69) is 18.4 Å². The van der Waals surface area contributed by atoms with E-state index in [4.69, 9.17) is 0 Å². The highest BCUT2D eigenvalue weighted by molar-refractivity contribution is 5.36. The Bertz CT molecular complexity index is 373. The second-order valence-electron chi connectivity index (χ2n) is 4.15. The molecule has 0 aliphatic carbocycles. The normalized spacial score (nSPS) is 18.2. The van der Waals surface area contributed by atoms with Crippen molar-refractivity contribution in [2.75, 3.05) is 6.54 Å². The average molecular weight is 203 g/mol. The van der Waals surface area contributed by atoms with Gasteiger partial charge in [0, 0.05) is 19.1 Å². The number of phenols is 1. The van der Waals surface area contributed by atoms with Crippen molar-refractivity contribution in [2.45, 2.75) is 25.9 Å². The molecule has 1 N–H and O–H groups in total. The third-order valence-corrected chi connectivity index (χ3v) is 3.15. The number of hydrogen-bond donors (Lipinski definition) is 1. The predicted molar refractivity (Wildman–Crippen MR) is 61.9 cm³/mol. The van der Waals surface area contributed by atoms with Crippen molar-refractivity contribution in [1.29, 1.82) is 0 Å². The summed E-state index contributed by atoms with van der Waals surface area (Å²) < 4.78 is 0. The molecule has 1 atom stereocenters. The lowest BCUT2D eigenvalue weighted by atomic mass is 9.98. The molecule has 2 heteroatoms. The Labute approximate surface area is 90.8 Å². The van der Waals surface area contributed by atoms with Crippen LogP contribution in [0.2, 0.25) is 0 Å². The van der Waals surface area contributed by atoms with Gasteiger partial charge in [-0.15, -0.1) is 6.58 Å². The minimum atomic E-state index is 0.374. The maximum atomic E-state index is 9.38. The predicted octanol–water partition coefficient (Wildman–Crippen LogP) is 2.32. The zero-order valence-electron chi connectivity index (χ0n) is 9.11. The van der Waals surface area contributed by atoms with Crippen LogP contribution in [0.5, 0.6) is 5.75 Å². The molecule has 1 aromatic rings. The van der Waals surface area contributed by atoms with Crippen LogP contribution >= 0.6 is 0 Å². The largest absolute Gasteiger partial charge is 0.508 e. The summed E-state index contributed by atoms with van der Waals surface area (Å²) in [5.74, 6) is 0.374. The lowest BCUT2D eigenvalue weighted by Gasteiger charge is -2.32. The molecule has 2 rings (SSSR count). The van der Waals surface area contributed by atoms with Crippen LogP contribution < -0.4 is 0 Å². The number of nitrogens with zero attached hydrogens (tertiary/aromatic N) is 1. The molecule has 1 aliphatic heterocycles. The van der Waals surface area contributed by atoms with Crippen molar-refractivity contribution in [3.8, 4) is 5.75 Å². The molecule has 1 aromatic carbocycles. The van der Waals surface area contributed by atoms with Crippen molar-refractivity contribution < 1.29 is 5.11 Å². The zero-order valence-corrected chi connectivity index (χ0v) is 9.11. The molecule has 0 unspecified atom stereocenters. The van der Waals surface area contributed by atoms with Crippen LogP contribution in [0, 0.1) is 0 Å². The molecule has 0 bridgehead atoms. The molecule has 2 nitrogen and oxygen atoms in total. The molecule has 1 heterocycles. The van der Waals surface area contributed by atoms with Crippen molar-refractivity contribution in [1.82, 2.24) is 4.90 Å². The van der Waals surface area contributed by atoms with Gasteiger partial charge in [0.25, 0.3) is 0 Å². The summed E-state index contributed by atoms with van der Waals surface area (Å²) in [5.41, 5.74) is 2.61. The van der Waals surface area contributed by atoms with Crippen LogP contribution in [0.1, 0.15) is 18.1 Å². The van der Waals surface area contributed by atoms with Crippen LogP contribution in [0.4, 0.5) is 0 Å². The fourth-order valence-electron chi connectivity index (χ4n) is 2.06. The number of aromatic hydroxyl groups is 1. The maximum absolute atomic E-state index is 9.38. The Morgan fingerprint density at radius 1 is 1.47 bits per heavy atom. The second kappa shape index (κ2) is 4.07. The van der Waals surface area contributed by atoms with Crippen LogP contribution in [0.3, 0.4) is 0 Å². The van der Waals surface area contributed by atoms with Crippen LogP contribution in [0.25, 0.3) is 0 Å². The van der Waals surface area contributed by atoms with Gasteiger partial charge in [0.2, 0.25) is 0 Å². The van der Waals surface area contributed by atoms with E-state index in [1.807, 2.05) is 18.2 Å². The minimum Gasteiger partial charge on any atom is -0.508 e. The molecule has 1 aliphatic rings. The van der Waals surface area contributed by atoms with Crippen LogP contribution in [0.15, 0.2) is 30.9 Å². The van der Waals surface area contributed by atoms with Crippen LogP contribution in [-0.4, -0.2) is 22.6 Å². The lowest BCUT2D eigenvalue weighted by molar-refractivity contribution is 0.222. The highest BCUT2D eigenvalue weighted by Gasteiger charge is 2.18. The molecule has 15 heavy (non-hydrogen) atoms. The van der Waals surface area contributed by atoms with Gasteiger partial charge in [0.05, 0.1) is 0 Å². The molecule has 80 valence electrons. The van der Waals surface area contributed by atoms with Gasteiger partial charge >= 0.3 is 0 Å². The number of phenolic OH excluding ortho intramolecular Hbond substituents is 1. The fourth-order valence-corrected chi connectivity index (χ4v) is 2.06. The highest BCUT2D eigenvalue weighted by Crippen LogP contribution is 2.24. The third kappa shape index (κ3) is 2.05. The Hall–Kier alpha value is -1.28. The van der Waals surface area contributed by atoms with Gasteiger partial charge in [-0.3, -0.25) is 4.90 Å². The minimum absolute atomic E-state index is 0.374. The third-order valence-electron chi connectivity index (χ3n) is 3.15. The second-order valence-corrected chi connectivity index (χ2v) is 4.15. The summed E-state index contributed by atoms with van der Waals surface area (Å²) in [5, 5.41) is 9.38. The van der Waals surface area contributed by atoms with E-state index in [0.29, 0.717) is 11.8 Å². The molecular weight excluding hydrogens is 186 g/mol. The molecule has 0 saturated carbocycles. The highest BCUT2D eigenvalue weighted by atomic mass is 16.3. The molecule has 0 aromatic heterocycles. The van der Waals surface area contributed by atoms with E-state index in [-0.39, 0.29) is 0 Å². The van der Waals surface area contributed by atoms with E-state index in [0.717, 1.165) is 19.5 Å². The number of fused-ring (bicyclic) bond motifs is 1. The average Bonchev–Trinajstić information content (AvgIpc) is 2.27. The van der Waals surface area contributed by atoms with Gasteiger partial charge in [-0.25, -0.2) is 0 Å². The molecule has 0 saturated heterocycles. The van der Waals surface area contributed by atoms with Gasteiger partial charge in [0.1, 0.15) is 5.75 Å². The summed E-state index contributed by atoms with van der Waals surface area (Å²) in [4.78, 5) is 2.40. The van der Waals surface area contributed by atoms with Crippen molar-refractivity contribution >= 4 is 0 Å². The molecule has 0 fully saturated rings. The maximum Gasteiger partial charge on any atom is 0.115 e. The van der Waals surface area contributed by atoms with Gasteiger partial charge < -0.3 is 5.11 Å². The van der Waals surface area contributed by atoms with E-state index < -0.39 is 0 Å². The van der Waals surface area contributed by atoms with Gasteiger partial charge in [0.15, 0.2) is 0 Å². The molecule has 0 amide bonds. The number of hydrogen-bond acceptors (Lipinski definition) is 2. The fraction of sp³-hybridized carbons (Fsp3) is 0.385. The van der Waals surface area contributed by atoms with Crippen molar-refractivity contribution in [3.63, 3.8) is 0 Å². The summed E-state index contributed by atoms with van der Waals surface area (Å²) in [6, 6.07) is 6.09. The van der Waals surface area contributed by atoms with E-state index in [1.165, 1.54) is 11.1 Å². The summed E-state index contributed by atoms with van der Waals surface area (Å²) >= 11 is 0. The SMILES string of the molecule is C=C[C@@H](C)N1CCc2cc(O)ccc2C1. The Kier molecular flexibility index (Phi) is 2.78. The Morgan fingerprint density at radius 2 is 2.27 bits per heavy atom. The standard InChI is InChI=1S/C13H17NO/c1-3-10(2)14-7-6-11-8-13(15)5-4-12(11)9-14/h3-5,8,10,15H,1,6-7,9H2,2H3/t10-/m1/s1. The van der Waals surface area contributed by atoms with E-state index in [1.54, 1.807) is 6.07 Å². The van der Waals surface area contributed by atoms with Crippen molar-refractivity contribution in [2.24, 2.45) is 0 Å². The van der Waals surface area contributed by atoms with Crippen molar-refractivity contribution in [3.05, 3.63) is 42.0 Å². The Morgan fingerprint density at radius 3 is 3.00 bits per heavy atom. The first-order valence-corrected chi connectivity index (χ1v) is 5.38. The quantitative estimate of drug-likeness (QED) is 0.746. The smallest absolute Gasteiger partial charge is 0.115 e. The summed E-state index contributed by atoms with van der Waals surface area (Å²) in [6.45, 7) is 8.00. The first kappa shape index (κ1) is 10.2. The summed E-state index contributed by atoms with van der Waals surface area (Å²) in [7, 11) is 0. The van der Waals surface area contributed by atoms with E-state index in [9.17, 15) is 5.11 Å². The zero-order chi connectivity index (χ0) is 10.8. The lowest BCUT2D eigenvalue weighted by Crippen LogP contribution is -2.36. The topological polar surface area (TPSA) is 23.5 Å². The van der Waals surface area contributed by atoms with E-state index >= 15 is 0 Å². The first-order valence-electron chi connectivity index (χ1n) is 5.38. The molecule has 0 radical (unpaired) electrons. The molecule has 0 spiro atoms. The van der Waals surface area contributed by atoms with Gasteiger partial charge in [-0.1, -0.05) is 12.1 Å². The van der Waals surface area contributed by atoms with Crippen LogP contribution in [-0.2, 0) is 13.0 Å². The van der Waals surface area contributed by atoms with Gasteiger partial charge in [-0.05, 0) is 36.6 Å². The van der Waals surface area contributed by atoms with Gasteiger partial charge in [-0.2, -0.15) is 0 Å². The number of benzene rings is 1.